The minimum atomic E-state index is -4.50. The Kier molecular flexibility index (Phi) is 6.49. The van der Waals surface area contributed by atoms with E-state index in [1.54, 1.807) is 4.90 Å². The quantitative estimate of drug-likeness (QED) is 0.919. The zero-order valence-corrected chi connectivity index (χ0v) is 12.8. The number of hydrogen-bond donors (Lipinski definition) is 1. The van der Waals surface area contributed by atoms with Crippen LogP contribution in [0.2, 0.25) is 0 Å². The highest BCUT2D eigenvalue weighted by molar-refractivity contribution is 5.85. The summed E-state index contributed by atoms with van der Waals surface area (Å²) in [5.41, 5.74) is -0.869. The Morgan fingerprint density at radius 1 is 1.41 bits per heavy atom. The minimum absolute atomic E-state index is 0. The molecule has 1 fully saturated rings. The number of alkyl halides is 3. The zero-order valence-electron chi connectivity index (χ0n) is 12.0. The predicted molar refractivity (Wildman–Crippen MR) is 78.2 cm³/mol. The molecule has 2 rings (SSSR count). The molecule has 0 spiro atoms. The van der Waals surface area contributed by atoms with Crippen LogP contribution in [0.1, 0.15) is 12.5 Å². The molecule has 1 aromatic carbocycles. The second-order valence-corrected chi connectivity index (χ2v) is 4.92. The molecule has 0 unspecified atom stereocenters. The molecule has 8 heteroatoms. The third-order valence-corrected chi connectivity index (χ3v) is 3.37. The number of benzene rings is 1. The third-order valence-electron chi connectivity index (χ3n) is 3.37. The van der Waals surface area contributed by atoms with Crippen LogP contribution < -0.4 is 10.1 Å². The van der Waals surface area contributed by atoms with Crippen molar-refractivity contribution < 1.29 is 22.7 Å². The van der Waals surface area contributed by atoms with E-state index in [9.17, 15) is 18.0 Å². The Morgan fingerprint density at radius 2 is 2.09 bits per heavy atom. The largest absolute Gasteiger partial charge is 0.483 e. The average molecular weight is 339 g/mol. The molecule has 0 bridgehead atoms. The highest BCUT2D eigenvalue weighted by Crippen LogP contribution is 2.35. The number of hydrogen-bond acceptors (Lipinski definition) is 3. The van der Waals surface area contributed by atoms with Crippen LogP contribution in [0.3, 0.4) is 0 Å². The Balaban J connectivity index is 0.00000242. The van der Waals surface area contributed by atoms with Crippen LogP contribution in [0.15, 0.2) is 24.3 Å². The summed E-state index contributed by atoms with van der Waals surface area (Å²) in [6.45, 7) is 3.37. The van der Waals surface area contributed by atoms with Crippen LogP contribution in [-0.4, -0.2) is 43.1 Å². The van der Waals surface area contributed by atoms with Crippen molar-refractivity contribution in [3.05, 3.63) is 29.8 Å². The van der Waals surface area contributed by atoms with Crippen molar-refractivity contribution in [2.45, 2.75) is 19.1 Å². The Bertz CT molecular complexity index is 511. The number of rotatable bonds is 3. The molecule has 1 aliphatic rings. The fraction of sp³-hybridized carbons (Fsp3) is 0.500. The van der Waals surface area contributed by atoms with Gasteiger partial charge in [-0.15, -0.1) is 12.4 Å². The number of halogens is 4. The third kappa shape index (κ3) is 4.51. The van der Waals surface area contributed by atoms with Gasteiger partial charge in [0, 0.05) is 25.7 Å². The first-order chi connectivity index (χ1) is 9.89. The van der Waals surface area contributed by atoms with E-state index < -0.39 is 18.3 Å². The monoisotopic (exact) mass is 338 g/mol. The van der Waals surface area contributed by atoms with Crippen molar-refractivity contribution in [2.75, 3.05) is 26.2 Å². The molecule has 1 aliphatic heterocycles. The molecule has 1 N–H and O–H groups in total. The van der Waals surface area contributed by atoms with E-state index in [2.05, 4.69) is 5.32 Å². The number of nitrogens with one attached hydrogen (secondary N) is 1. The molecule has 1 saturated heterocycles. The van der Waals surface area contributed by atoms with Gasteiger partial charge >= 0.3 is 6.18 Å². The van der Waals surface area contributed by atoms with Gasteiger partial charge in [0.25, 0.3) is 5.91 Å². The molecule has 0 saturated carbocycles. The number of carbonyl (C=O) groups is 1. The fourth-order valence-electron chi connectivity index (χ4n) is 2.26. The molecule has 1 aromatic rings. The van der Waals surface area contributed by atoms with E-state index >= 15 is 0 Å². The Hall–Kier alpha value is -1.47. The molecule has 1 amide bonds. The molecule has 0 aromatic heterocycles. The topological polar surface area (TPSA) is 41.6 Å². The molecular weight excluding hydrogens is 321 g/mol. The van der Waals surface area contributed by atoms with E-state index in [0.717, 1.165) is 6.07 Å². The van der Waals surface area contributed by atoms with Crippen LogP contribution in [0.4, 0.5) is 13.2 Å². The molecule has 22 heavy (non-hydrogen) atoms. The first-order valence-corrected chi connectivity index (χ1v) is 6.69. The second kappa shape index (κ2) is 7.69. The van der Waals surface area contributed by atoms with E-state index in [4.69, 9.17) is 4.74 Å². The summed E-state index contributed by atoms with van der Waals surface area (Å²) >= 11 is 0. The minimum Gasteiger partial charge on any atom is -0.483 e. The maximum absolute atomic E-state index is 12.8. The van der Waals surface area contributed by atoms with Gasteiger partial charge < -0.3 is 15.0 Å². The van der Waals surface area contributed by atoms with Crippen LogP contribution in [0.25, 0.3) is 0 Å². The number of para-hydroxylation sites is 1. The average Bonchev–Trinajstić information content (AvgIpc) is 2.44. The van der Waals surface area contributed by atoms with Crippen LogP contribution in [-0.2, 0) is 11.0 Å². The lowest BCUT2D eigenvalue weighted by atomic mass is 10.2. The van der Waals surface area contributed by atoms with Crippen LogP contribution in [0, 0.1) is 0 Å². The van der Waals surface area contributed by atoms with Crippen LogP contribution >= 0.6 is 12.4 Å². The predicted octanol–water partition coefficient (Wildman–Crippen LogP) is 2.33. The number of ether oxygens (including phenoxy) is 1. The standard InChI is InChI=1S/C14H17F3N2O2.ClH/c1-10-8-18-6-7-19(10)13(20)9-21-12-5-3-2-4-11(12)14(15,16)17;/h2-5,10,18H,6-9H2,1H3;1H/t10-;/m1./s1. The Morgan fingerprint density at radius 3 is 2.73 bits per heavy atom. The van der Waals surface area contributed by atoms with Crippen molar-refractivity contribution in [3.8, 4) is 5.75 Å². The summed E-state index contributed by atoms with van der Waals surface area (Å²) in [7, 11) is 0. The molecule has 0 aliphatic carbocycles. The van der Waals surface area contributed by atoms with E-state index in [0.29, 0.717) is 19.6 Å². The van der Waals surface area contributed by atoms with E-state index in [-0.39, 0.29) is 30.1 Å². The van der Waals surface area contributed by atoms with Gasteiger partial charge in [0.15, 0.2) is 6.61 Å². The lowest BCUT2D eigenvalue weighted by Crippen LogP contribution is -2.53. The summed E-state index contributed by atoms with van der Waals surface area (Å²) in [4.78, 5) is 13.7. The van der Waals surface area contributed by atoms with Gasteiger partial charge in [-0.05, 0) is 19.1 Å². The van der Waals surface area contributed by atoms with Gasteiger partial charge in [0.05, 0.1) is 5.56 Å². The fourth-order valence-corrected chi connectivity index (χ4v) is 2.26. The van der Waals surface area contributed by atoms with Gasteiger partial charge in [-0.3, -0.25) is 4.79 Å². The number of piperazine rings is 1. The first kappa shape index (κ1) is 18.6. The van der Waals surface area contributed by atoms with Crippen molar-refractivity contribution in [1.29, 1.82) is 0 Å². The molecule has 0 radical (unpaired) electrons. The SMILES string of the molecule is C[C@@H]1CNCCN1C(=O)COc1ccccc1C(F)(F)F.Cl. The van der Waals surface area contributed by atoms with Crippen LogP contribution in [0.5, 0.6) is 5.75 Å². The van der Waals surface area contributed by atoms with E-state index in [1.165, 1.54) is 18.2 Å². The maximum atomic E-state index is 12.8. The number of nitrogens with zero attached hydrogens (tertiary/aromatic N) is 1. The lowest BCUT2D eigenvalue weighted by molar-refractivity contribution is -0.141. The highest BCUT2D eigenvalue weighted by atomic mass is 35.5. The van der Waals surface area contributed by atoms with Crippen molar-refractivity contribution in [1.82, 2.24) is 10.2 Å². The molecule has 4 nitrogen and oxygen atoms in total. The zero-order chi connectivity index (χ0) is 15.5. The van der Waals surface area contributed by atoms with E-state index in [1.807, 2.05) is 6.92 Å². The summed E-state index contributed by atoms with van der Waals surface area (Å²) in [5.74, 6) is -0.623. The number of amides is 1. The molecule has 124 valence electrons. The first-order valence-electron chi connectivity index (χ1n) is 6.69. The highest BCUT2D eigenvalue weighted by Gasteiger charge is 2.34. The normalized spacial score (nSPS) is 18.5. The number of carbonyl (C=O) groups excluding carboxylic acids is 1. The van der Waals surface area contributed by atoms with Crippen molar-refractivity contribution >= 4 is 18.3 Å². The summed E-state index contributed by atoms with van der Waals surface area (Å²) in [5, 5.41) is 3.14. The summed E-state index contributed by atoms with van der Waals surface area (Å²) < 4.78 is 43.5. The molecule has 1 heterocycles. The van der Waals surface area contributed by atoms with Gasteiger partial charge in [-0.25, -0.2) is 0 Å². The smallest absolute Gasteiger partial charge is 0.419 e. The maximum Gasteiger partial charge on any atom is 0.419 e. The summed E-state index contributed by atoms with van der Waals surface area (Å²) in [6.07, 6.45) is -4.50. The van der Waals surface area contributed by atoms with Gasteiger partial charge in [0.1, 0.15) is 5.75 Å². The molecule has 1 atom stereocenters. The second-order valence-electron chi connectivity index (χ2n) is 4.92. The summed E-state index contributed by atoms with van der Waals surface area (Å²) in [6, 6.07) is 4.90. The van der Waals surface area contributed by atoms with Gasteiger partial charge in [-0.2, -0.15) is 13.2 Å². The lowest BCUT2D eigenvalue weighted by Gasteiger charge is -2.33. The Labute approximate surface area is 133 Å². The van der Waals surface area contributed by atoms with Gasteiger partial charge in [0.2, 0.25) is 0 Å². The molecular formula is C14H18ClF3N2O2. The van der Waals surface area contributed by atoms with Crippen molar-refractivity contribution in [3.63, 3.8) is 0 Å². The van der Waals surface area contributed by atoms with Crippen molar-refractivity contribution in [2.24, 2.45) is 0 Å². The van der Waals surface area contributed by atoms with Gasteiger partial charge in [-0.1, -0.05) is 12.1 Å².